The molecule has 7 atom stereocenters. The predicted octanol–water partition coefficient (Wildman–Crippen LogP) is 8.17. The molecule has 0 aromatic rings. The van der Waals surface area contributed by atoms with Crippen molar-refractivity contribution >= 4 is 5.91 Å². The van der Waals surface area contributed by atoms with Gasteiger partial charge in [0.05, 0.1) is 25.4 Å². The highest BCUT2D eigenvalue weighted by Gasteiger charge is 2.44. The van der Waals surface area contributed by atoms with E-state index in [9.17, 15) is 30.3 Å². The van der Waals surface area contributed by atoms with Crippen LogP contribution in [-0.4, -0.2) is 87.5 Å². The van der Waals surface area contributed by atoms with Gasteiger partial charge in [-0.05, 0) is 19.3 Å². The lowest BCUT2D eigenvalue weighted by atomic mass is 9.99. The maximum atomic E-state index is 12.9. The van der Waals surface area contributed by atoms with Gasteiger partial charge < -0.3 is 40.3 Å². The van der Waals surface area contributed by atoms with Crippen LogP contribution in [0.25, 0.3) is 0 Å². The maximum Gasteiger partial charge on any atom is 0.220 e. The number of carbonyl (C=O) groups excluding carboxylic acids is 1. The van der Waals surface area contributed by atoms with Gasteiger partial charge in [-0.2, -0.15) is 0 Å². The molecular formula is C42H81NO8. The quantitative estimate of drug-likeness (QED) is 0.0283. The zero-order valence-electron chi connectivity index (χ0n) is 32.9. The lowest BCUT2D eigenvalue weighted by molar-refractivity contribution is -0.302. The molecule has 0 aliphatic carbocycles. The summed E-state index contributed by atoms with van der Waals surface area (Å²) in [6, 6.07) is -0.796. The minimum absolute atomic E-state index is 0.176. The molecule has 1 heterocycles. The molecule has 1 fully saturated rings. The number of aliphatic hydroxyl groups is 5. The largest absolute Gasteiger partial charge is 0.394 e. The van der Waals surface area contributed by atoms with Gasteiger partial charge in [0.1, 0.15) is 24.4 Å². The Morgan fingerprint density at radius 3 is 1.53 bits per heavy atom. The van der Waals surface area contributed by atoms with Crippen molar-refractivity contribution in [3.8, 4) is 0 Å². The molecule has 51 heavy (non-hydrogen) atoms. The molecule has 1 rings (SSSR count). The highest BCUT2D eigenvalue weighted by Crippen LogP contribution is 2.22. The van der Waals surface area contributed by atoms with E-state index in [0.717, 1.165) is 38.5 Å². The lowest BCUT2D eigenvalue weighted by Crippen LogP contribution is -2.60. The van der Waals surface area contributed by atoms with Crippen molar-refractivity contribution in [2.24, 2.45) is 0 Å². The van der Waals surface area contributed by atoms with Crippen LogP contribution in [0.1, 0.15) is 194 Å². The third-order valence-electron chi connectivity index (χ3n) is 10.4. The van der Waals surface area contributed by atoms with E-state index in [1.54, 1.807) is 6.08 Å². The Hall–Kier alpha value is -1.07. The Bertz CT molecular complexity index is 812. The number of hydrogen-bond donors (Lipinski definition) is 6. The van der Waals surface area contributed by atoms with Gasteiger partial charge in [-0.3, -0.25) is 4.79 Å². The van der Waals surface area contributed by atoms with E-state index >= 15 is 0 Å². The Kier molecular flexibility index (Phi) is 31.5. The fraction of sp³-hybridized carbons (Fsp3) is 0.929. The highest BCUT2D eigenvalue weighted by molar-refractivity contribution is 5.76. The third kappa shape index (κ3) is 24.8. The fourth-order valence-corrected chi connectivity index (χ4v) is 6.86. The molecule has 1 amide bonds. The number of rotatable bonds is 35. The summed E-state index contributed by atoms with van der Waals surface area (Å²) < 4.78 is 11.2. The summed E-state index contributed by atoms with van der Waals surface area (Å²) in [6.07, 6.45) is 29.7. The molecule has 9 heteroatoms. The van der Waals surface area contributed by atoms with E-state index in [1.165, 1.54) is 135 Å². The van der Waals surface area contributed by atoms with Crippen LogP contribution in [0.5, 0.6) is 0 Å². The number of unbranched alkanes of at least 4 members (excludes halogenated alkanes) is 25. The molecule has 0 spiro atoms. The van der Waals surface area contributed by atoms with Crippen molar-refractivity contribution < 1.29 is 39.8 Å². The van der Waals surface area contributed by atoms with Gasteiger partial charge in [-0.15, -0.1) is 0 Å². The summed E-state index contributed by atoms with van der Waals surface area (Å²) in [6.45, 7) is 3.76. The topological polar surface area (TPSA) is 149 Å². The first-order chi connectivity index (χ1) is 24.8. The van der Waals surface area contributed by atoms with Crippen LogP contribution in [0.4, 0.5) is 0 Å². The lowest BCUT2D eigenvalue weighted by Gasteiger charge is -2.40. The average Bonchev–Trinajstić information content (AvgIpc) is 3.13. The monoisotopic (exact) mass is 728 g/mol. The van der Waals surface area contributed by atoms with Gasteiger partial charge in [0.2, 0.25) is 5.91 Å². The minimum Gasteiger partial charge on any atom is -0.394 e. The minimum atomic E-state index is -1.56. The number of amides is 1. The summed E-state index contributed by atoms with van der Waals surface area (Å²) in [4.78, 5) is 12.9. The first kappa shape index (κ1) is 48.0. The number of hydrogen-bond acceptors (Lipinski definition) is 8. The zero-order chi connectivity index (χ0) is 37.4. The van der Waals surface area contributed by atoms with E-state index in [-0.39, 0.29) is 12.5 Å². The molecule has 6 N–H and O–H groups in total. The van der Waals surface area contributed by atoms with E-state index in [1.807, 2.05) is 6.08 Å². The summed E-state index contributed by atoms with van der Waals surface area (Å²) in [5.41, 5.74) is 0. The van der Waals surface area contributed by atoms with E-state index in [4.69, 9.17) is 9.47 Å². The first-order valence-electron chi connectivity index (χ1n) is 21.4. The van der Waals surface area contributed by atoms with Crippen LogP contribution < -0.4 is 5.32 Å². The van der Waals surface area contributed by atoms with Crippen LogP contribution in [0.3, 0.4) is 0 Å². The van der Waals surface area contributed by atoms with Crippen molar-refractivity contribution in [1.29, 1.82) is 0 Å². The molecule has 302 valence electrons. The summed E-state index contributed by atoms with van der Waals surface area (Å²) >= 11 is 0. The fourth-order valence-electron chi connectivity index (χ4n) is 6.86. The summed E-state index contributed by atoms with van der Waals surface area (Å²) in [5, 5.41) is 54.0. The molecule has 1 saturated heterocycles. The number of carbonyl (C=O) groups is 1. The molecule has 9 nitrogen and oxygen atoms in total. The molecule has 0 aromatic carbocycles. The van der Waals surface area contributed by atoms with Crippen molar-refractivity contribution in [2.45, 2.75) is 236 Å². The summed E-state index contributed by atoms with van der Waals surface area (Å²) in [7, 11) is 0. The standard InChI is InChI=1S/C42H81NO8/c1-3-5-7-9-11-13-15-16-17-18-19-20-22-24-26-28-30-32-38(46)43-35(34-50-42-41(49)40(48)39(47)37(33-44)51-42)36(45)31-29-27-25-23-21-14-12-10-8-6-4-2/h29,31,35-37,39-42,44-45,47-49H,3-28,30,32-34H2,1-2H3,(H,43,46)/b31-29+/t35-,36+,37-,39-,40?,41?,42-/m0/s1. The number of allylic oxidation sites excluding steroid dienone is 1. The first-order valence-corrected chi connectivity index (χ1v) is 21.4. The van der Waals surface area contributed by atoms with Gasteiger partial charge in [0.25, 0.3) is 0 Å². The molecule has 2 unspecified atom stereocenters. The van der Waals surface area contributed by atoms with Gasteiger partial charge in [0.15, 0.2) is 6.29 Å². The second-order valence-electron chi connectivity index (χ2n) is 15.1. The second-order valence-corrected chi connectivity index (χ2v) is 15.1. The molecule has 1 aliphatic rings. The highest BCUT2D eigenvalue weighted by atomic mass is 16.7. The number of aliphatic hydroxyl groups excluding tert-OH is 5. The van der Waals surface area contributed by atoms with Gasteiger partial charge in [0, 0.05) is 6.42 Å². The zero-order valence-corrected chi connectivity index (χ0v) is 32.9. The van der Waals surface area contributed by atoms with E-state index in [0.29, 0.717) is 6.42 Å². The van der Waals surface area contributed by atoms with Crippen LogP contribution in [0.2, 0.25) is 0 Å². The van der Waals surface area contributed by atoms with Gasteiger partial charge in [-0.25, -0.2) is 0 Å². The van der Waals surface area contributed by atoms with Gasteiger partial charge in [-0.1, -0.05) is 180 Å². The SMILES string of the molecule is CCCCCCCCCCC/C=C/[C@@H](O)[C@H](CO[C@H]1O[C@@H](CO)[C@H](O)C(O)C1O)NC(=O)CCCCCCCCCCCCCCCCCCC. The molecule has 0 radical (unpaired) electrons. The Balaban J connectivity index is 2.36. The van der Waals surface area contributed by atoms with Crippen LogP contribution in [0.15, 0.2) is 12.2 Å². The Morgan fingerprint density at radius 2 is 1.08 bits per heavy atom. The van der Waals surface area contributed by atoms with Crippen molar-refractivity contribution in [1.82, 2.24) is 5.32 Å². The van der Waals surface area contributed by atoms with Gasteiger partial charge >= 0.3 is 0 Å². The molecule has 0 aromatic heterocycles. The summed E-state index contributed by atoms with van der Waals surface area (Å²) in [5.74, 6) is -0.176. The average molecular weight is 728 g/mol. The van der Waals surface area contributed by atoms with Crippen LogP contribution >= 0.6 is 0 Å². The van der Waals surface area contributed by atoms with Crippen molar-refractivity contribution in [3.63, 3.8) is 0 Å². The molecule has 0 bridgehead atoms. The molecule has 1 aliphatic heterocycles. The number of nitrogens with one attached hydrogen (secondary N) is 1. The maximum absolute atomic E-state index is 12.9. The smallest absolute Gasteiger partial charge is 0.220 e. The molecular weight excluding hydrogens is 646 g/mol. The van der Waals surface area contributed by atoms with Crippen molar-refractivity contribution in [3.05, 3.63) is 12.2 Å². The number of ether oxygens (including phenoxy) is 2. The predicted molar refractivity (Wildman–Crippen MR) is 207 cm³/mol. The van der Waals surface area contributed by atoms with E-state index < -0.39 is 49.5 Å². The Morgan fingerprint density at radius 1 is 0.647 bits per heavy atom. The van der Waals surface area contributed by atoms with E-state index in [2.05, 4.69) is 19.2 Å². The third-order valence-corrected chi connectivity index (χ3v) is 10.4. The second kappa shape index (κ2) is 33.5. The molecule has 0 saturated carbocycles. The Labute approximate surface area is 312 Å². The normalized spacial score (nSPS) is 22.1. The van der Waals surface area contributed by atoms with Crippen LogP contribution in [0, 0.1) is 0 Å². The van der Waals surface area contributed by atoms with Crippen LogP contribution in [-0.2, 0) is 14.3 Å². The van der Waals surface area contributed by atoms with Crippen molar-refractivity contribution in [2.75, 3.05) is 13.2 Å².